The fourth-order valence-electron chi connectivity index (χ4n) is 0.488. The molecule has 3 heteroatoms. The summed E-state index contributed by atoms with van der Waals surface area (Å²) in [6, 6.07) is -0.702. The van der Waals surface area contributed by atoms with Gasteiger partial charge in [0.25, 0.3) is 0 Å². The van der Waals surface area contributed by atoms with E-state index < -0.39 is 12.0 Å². The van der Waals surface area contributed by atoms with E-state index in [0.29, 0.717) is 6.42 Å². The van der Waals surface area contributed by atoms with Crippen LogP contribution < -0.4 is 5.73 Å². The maximum Gasteiger partial charge on any atom is 0.320 e. The Kier molecular flexibility index (Phi) is 3.88. The lowest BCUT2D eigenvalue weighted by Gasteiger charge is -2.01. The third-order valence-electron chi connectivity index (χ3n) is 1.08. The SMILES string of the molecule is [CH2+]CCCC(N)C(=O)O. The first-order valence-corrected chi connectivity index (χ1v) is 2.96. The van der Waals surface area contributed by atoms with Crippen molar-refractivity contribution in [1.29, 1.82) is 0 Å². The van der Waals surface area contributed by atoms with E-state index in [9.17, 15) is 4.79 Å². The first-order chi connectivity index (χ1) is 4.18. The summed E-state index contributed by atoms with van der Waals surface area (Å²) in [4.78, 5) is 10.1. The average molecular weight is 130 g/mol. The first-order valence-electron chi connectivity index (χ1n) is 2.96. The second-order valence-corrected chi connectivity index (χ2v) is 1.94. The molecule has 0 aromatic rings. The van der Waals surface area contributed by atoms with Crippen molar-refractivity contribution in [2.45, 2.75) is 25.3 Å². The fraction of sp³-hybridized carbons (Fsp3) is 0.667. The lowest BCUT2D eigenvalue weighted by molar-refractivity contribution is -0.138. The summed E-state index contributed by atoms with van der Waals surface area (Å²) >= 11 is 0. The number of aliphatic carboxylic acids is 1. The van der Waals surface area contributed by atoms with Crippen molar-refractivity contribution in [2.75, 3.05) is 0 Å². The molecule has 0 aliphatic heterocycles. The van der Waals surface area contributed by atoms with Crippen molar-refractivity contribution >= 4 is 5.97 Å². The lowest BCUT2D eigenvalue weighted by Crippen LogP contribution is -2.29. The molecular weight excluding hydrogens is 118 g/mol. The van der Waals surface area contributed by atoms with Crippen LogP contribution in [0.1, 0.15) is 19.3 Å². The highest BCUT2D eigenvalue weighted by Gasteiger charge is 2.09. The van der Waals surface area contributed by atoms with Gasteiger partial charge in [0, 0.05) is 0 Å². The van der Waals surface area contributed by atoms with Crippen molar-refractivity contribution < 1.29 is 9.90 Å². The van der Waals surface area contributed by atoms with Crippen LogP contribution in [0.3, 0.4) is 0 Å². The van der Waals surface area contributed by atoms with E-state index >= 15 is 0 Å². The number of rotatable bonds is 4. The molecule has 0 amide bonds. The standard InChI is InChI=1S/C6H11NO2/c1-2-3-4-5(7)6(8)9/h5H,1-4,7H2/p+1. The van der Waals surface area contributed by atoms with E-state index in [0.717, 1.165) is 12.8 Å². The Morgan fingerprint density at radius 3 is 2.67 bits per heavy atom. The Morgan fingerprint density at radius 1 is 1.78 bits per heavy atom. The van der Waals surface area contributed by atoms with Crippen LogP contribution in [0, 0.1) is 6.92 Å². The highest BCUT2D eigenvalue weighted by Crippen LogP contribution is 1.96. The summed E-state index contributed by atoms with van der Waals surface area (Å²) < 4.78 is 0. The van der Waals surface area contributed by atoms with Crippen molar-refractivity contribution in [1.82, 2.24) is 0 Å². The quantitative estimate of drug-likeness (QED) is 0.541. The monoisotopic (exact) mass is 130 g/mol. The minimum absolute atomic E-state index is 0.527. The number of nitrogens with two attached hydrogens (primary N) is 1. The van der Waals surface area contributed by atoms with Gasteiger partial charge >= 0.3 is 5.97 Å². The van der Waals surface area contributed by atoms with Gasteiger partial charge in [0.05, 0.1) is 13.3 Å². The maximum absolute atomic E-state index is 10.1. The van der Waals surface area contributed by atoms with Crippen molar-refractivity contribution in [3.63, 3.8) is 0 Å². The van der Waals surface area contributed by atoms with E-state index in [4.69, 9.17) is 10.8 Å². The van der Waals surface area contributed by atoms with E-state index in [1.807, 2.05) is 0 Å². The van der Waals surface area contributed by atoms with Crippen LogP contribution in [0.4, 0.5) is 0 Å². The van der Waals surface area contributed by atoms with Gasteiger partial charge in [-0.2, -0.15) is 0 Å². The van der Waals surface area contributed by atoms with Crippen LogP contribution in [0.2, 0.25) is 0 Å². The lowest BCUT2D eigenvalue weighted by atomic mass is 10.1. The zero-order valence-corrected chi connectivity index (χ0v) is 5.34. The Morgan fingerprint density at radius 2 is 2.33 bits per heavy atom. The first kappa shape index (κ1) is 8.30. The number of hydrogen-bond acceptors (Lipinski definition) is 2. The van der Waals surface area contributed by atoms with Crippen LogP contribution in [-0.2, 0) is 4.79 Å². The molecule has 1 unspecified atom stereocenters. The molecule has 0 spiro atoms. The number of hydrogen-bond donors (Lipinski definition) is 2. The molecule has 0 bridgehead atoms. The molecule has 0 aromatic heterocycles. The molecule has 1 atom stereocenters. The van der Waals surface area contributed by atoms with Gasteiger partial charge in [-0.3, -0.25) is 4.79 Å². The topological polar surface area (TPSA) is 63.3 Å². The summed E-state index contributed by atoms with van der Waals surface area (Å²) in [5, 5.41) is 8.26. The van der Waals surface area contributed by atoms with Crippen molar-refractivity contribution in [3.8, 4) is 0 Å². The molecule has 3 N–H and O–H groups in total. The fourth-order valence-corrected chi connectivity index (χ4v) is 0.488. The second-order valence-electron chi connectivity index (χ2n) is 1.94. The molecule has 0 aliphatic rings. The van der Waals surface area contributed by atoms with Gasteiger partial charge in [-0.15, -0.1) is 0 Å². The molecule has 9 heavy (non-hydrogen) atoms. The number of unbranched alkanes of at least 4 members (excludes halogenated alkanes) is 1. The van der Waals surface area contributed by atoms with Gasteiger partial charge in [0.15, 0.2) is 0 Å². The second kappa shape index (κ2) is 4.21. The molecule has 0 aromatic carbocycles. The number of carboxylic acid groups (broad SMARTS) is 1. The van der Waals surface area contributed by atoms with Gasteiger partial charge in [-0.1, -0.05) is 0 Å². The molecule has 52 valence electrons. The Hall–Kier alpha value is -0.700. The van der Waals surface area contributed by atoms with E-state index in [1.165, 1.54) is 0 Å². The summed E-state index contributed by atoms with van der Waals surface area (Å²) in [5.74, 6) is -0.927. The minimum Gasteiger partial charge on any atom is -0.480 e. The molecule has 0 aliphatic carbocycles. The number of carbonyl (C=O) groups is 1. The summed E-state index contributed by atoms with van der Waals surface area (Å²) in [6.07, 6.45) is 2.06. The Balaban J connectivity index is 3.27. The van der Waals surface area contributed by atoms with Crippen molar-refractivity contribution in [3.05, 3.63) is 6.92 Å². The van der Waals surface area contributed by atoms with E-state index in [-0.39, 0.29) is 0 Å². The smallest absolute Gasteiger partial charge is 0.320 e. The summed E-state index contributed by atoms with van der Waals surface area (Å²) in [6.45, 7) is 3.57. The summed E-state index contributed by atoms with van der Waals surface area (Å²) in [5.41, 5.74) is 5.18. The van der Waals surface area contributed by atoms with Crippen LogP contribution in [0.25, 0.3) is 0 Å². The third kappa shape index (κ3) is 3.85. The Labute approximate surface area is 54.9 Å². The highest BCUT2D eigenvalue weighted by molar-refractivity contribution is 5.72. The predicted octanol–water partition coefficient (Wildman–Crippen LogP) is 0.403. The van der Waals surface area contributed by atoms with Crippen LogP contribution in [0.15, 0.2) is 0 Å². The van der Waals surface area contributed by atoms with Crippen LogP contribution >= 0.6 is 0 Å². The van der Waals surface area contributed by atoms with Gasteiger partial charge in [-0.05, 0) is 12.8 Å². The zero-order valence-electron chi connectivity index (χ0n) is 5.34. The molecule has 0 rings (SSSR count). The van der Waals surface area contributed by atoms with Crippen LogP contribution in [0.5, 0.6) is 0 Å². The normalized spacial score (nSPS) is 13.0. The molecule has 0 heterocycles. The van der Waals surface area contributed by atoms with E-state index in [1.54, 1.807) is 0 Å². The molecular formula is C6H12NO2+. The van der Waals surface area contributed by atoms with Gasteiger partial charge in [-0.25, -0.2) is 0 Å². The Bertz CT molecular complexity index is 93.1. The zero-order chi connectivity index (χ0) is 7.28. The van der Waals surface area contributed by atoms with Gasteiger partial charge in [0.1, 0.15) is 6.04 Å². The van der Waals surface area contributed by atoms with Gasteiger partial charge in [0.2, 0.25) is 0 Å². The summed E-state index contributed by atoms with van der Waals surface area (Å²) in [7, 11) is 0. The number of carboxylic acids is 1. The molecule has 0 fully saturated rings. The average Bonchev–Trinajstić information content (AvgIpc) is 1.82. The van der Waals surface area contributed by atoms with Gasteiger partial charge < -0.3 is 10.8 Å². The molecule has 0 radical (unpaired) electrons. The van der Waals surface area contributed by atoms with Crippen LogP contribution in [-0.4, -0.2) is 17.1 Å². The third-order valence-corrected chi connectivity index (χ3v) is 1.08. The van der Waals surface area contributed by atoms with Crippen molar-refractivity contribution in [2.24, 2.45) is 5.73 Å². The van der Waals surface area contributed by atoms with E-state index in [2.05, 4.69) is 6.92 Å². The molecule has 3 nitrogen and oxygen atoms in total. The molecule has 0 saturated heterocycles. The highest BCUT2D eigenvalue weighted by atomic mass is 16.4. The predicted molar refractivity (Wildman–Crippen MR) is 34.8 cm³/mol. The molecule has 0 saturated carbocycles. The minimum atomic E-state index is -0.927. The largest absolute Gasteiger partial charge is 0.480 e. The maximum atomic E-state index is 10.1.